The second-order valence-electron chi connectivity index (χ2n) is 4.48. The maximum absolute atomic E-state index is 11.9. The van der Waals surface area contributed by atoms with E-state index < -0.39 is 5.97 Å². The quantitative estimate of drug-likeness (QED) is 0.882. The van der Waals surface area contributed by atoms with Gasteiger partial charge in [-0.1, -0.05) is 22.9 Å². The van der Waals surface area contributed by atoms with Crippen LogP contribution in [-0.4, -0.2) is 40.6 Å². The van der Waals surface area contributed by atoms with Crippen LogP contribution in [0.1, 0.15) is 12.8 Å². The topological polar surface area (TPSA) is 82.5 Å². The second kappa shape index (κ2) is 6.73. The third-order valence-corrected chi connectivity index (χ3v) is 3.96. The molecule has 8 heteroatoms. The van der Waals surface area contributed by atoms with Gasteiger partial charge in [0.2, 0.25) is 0 Å². The van der Waals surface area contributed by atoms with Crippen LogP contribution in [0.15, 0.2) is 18.2 Å². The van der Waals surface area contributed by atoms with E-state index in [1.54, 1.807) is 25.2 Å². The Morgan fingerprint density at radius 2 is 2.24 bits per heavy atom. The number of carboxylic acid groups (broad SMARTS) is 1. The van der Waals surface area contributed by atoms with Crippen LogP contribution in [0.4, 0.5) is 9.93 Å². The number of benzene rings is 1. The molecule has 0 saturated heterocycles. The number of hydrogen-bond donors (Lipinski definition) is 2. The van der Waals surface area contributed by atoms with Gasteiger partial charge in [0, 0.05) is 25.0 Å². The molecule has 0 fully saturated rings. The van der Waals surface area contributed by atoms with Gasteiger partial charge < -0.3 is 10.0 Å². The zero-order valence-electron chi connectivity index (χ0n) is 11.3. The fraction of sp³-hybridized carbons (Fsp3) is 0.308. The number of urea groups is 1. The van der Waals surface area contributed by atoms with Gasteiger partial charge in [-0.05, 0) is 24.6 Å². The Bertz CT molecular complexity index is 674. The van der Waals surface area contributed by atoms with Crippen molar-refractivity contribution in [3.05, 3.63) is 23.2 Å². The summed E-state index contributed by atoms with van der Waals surface area (Å²) in [5.41, 5.74) is 0.772. The molecule has 0 spiro atoms. The van der Waals surface area contributed by atoms with Crippen molar-refractivity contribution in [2.24, 2.45) is 0 Å². The van der Waals surface area contributed by atoms with E-state index >= 15 is 0 Å². The maximum atomic E-state index is 11.9. The summed E-state index contributed by atoms with van der Waals surface area (Å²) in [4.78, 5) is 28.1. The average molecular weight is 328 g/mol. The lowest BCUT2D eigenvalue weighted by Crippen LogP contribution is -2.32. The van der Waals surface area contributed by atoms with E-state index in [0.717, 1.165) is 10.2 Å². The van der Waals surface area contributed by atoms with E-state index in [1.807, 2.05) is 0 Å². The predicted molar refractivity (Wildman–Crippen MR) is 83.1 cm³/mol. The monoisotopic (exact) mass is 327 g/mol. The molecule has 6 nitrogen and oxygen atoms in total. The molecule has 0 atom stereocenters. The van der Waals surface area contributed by atoms with Crippen molar-refractivity contribution in [1.82, 2.24) is 9.88 Å². The summed E-state index contributed by atoms with van der Waals surface area (Å²) in [5, 5.41) is 12.4. The Labute approximate surface area is 130 Å². The number of hydrogen-bond acceptors (Lipinski definition) is 4. The maximum Gasteiger partial charge on any atom is 0.323 e. The number of rotatable bonds is 5. The van der Waals surface area contributed by atoms with Crippen LogP contribution in [-0.2, 0) is 4.79 Å². The van der Waals surface area contributed by atoms with E-state index in [4.69, 9.17) is 16.7 Å². The van der Waals surface area contributed by atoms with Gasteiger partial charge in [-0.3, -0.25) is 10.1 Å². The largest absolute Gasteiger partial charge is 0.481 e. The molecule has 2 amide bonds. The normalized spacial score (nSPS) is 10.6. The number of nitrogens with zero attached hydrogens (tertiary/aromatic N) is 2. The summed E-state index contributed by atoms with van der Waals surface area (Å²) in [5.74, 6) is -0.869. The zero-order valence-corrected chi connectivity index (χ0v) is 12.9. The highest BCUT2D eigenvalue weighted by molar-refractivity contribution is 7.22. The van der Waals surface area contributed by atoms with Gasteiger partial charge in [0.05, 0.1) is 10.2 Å². The van der Waals surface area contributed by atoms with Crippen LogP contribution < -0.4 is 5.32 Å². The first-order chi connectivity index (χ1) is 9.95. The lowest BCUT2D eigenvalue weighted by atomic mass is 10.3. The van der Waals surface area contributed by atoms with Crippen molar-refractivity contribution in [3.8, 4) is 0 Å². The molecule has 112 valence electrons. The van der Waals surface area contributed by atoms with E-state index in [0.29, 0.717) is 23.1 Å². The molecule has 0 radical (unpaired) electrons. The first-order valence-corrected chi connectivity index (χ1v) is 7.45. The van der Waals surface area contributed by atoms with Crippen LogP contribution in [0.5, 0.6) is 0 Å². The first-order valence-electron chi connectivity index (χ1n) is 6.25. The summed E-state index contributed by atoms with van der Waals surface area (Å²) in [6.07, 6.45) is 0.450. The highest BCUT2D eigenvalue weighted by atomic mass is 35.5. The molecule has 0 aliphatic heterocycles. The number of fused-ring (bicyclic) bond motifs is 1. The molecule has 0 bridgehead atoms. The van der Waals surface area contributed by atoms with Crippen molar-refractivity contribution >= 4 is 50.3 Å². The van der Waals surface area contributed by atoms with Crippen molar-refractivity contribution in [3.63, 3.8) is 0 Å². The molecule has 0 aliphatic carbocycles. The Morgan fingerprint density at radius 1 is 1.48 bits per heavy atom. The molecule has 2 N–H and O–H groups in total. The number of amides is 2. The molecule has 0 unspecified atom stereocenters. The molecule has 0 aliphatic rings. The molecule has 0 saturated carbocycles. The van der Waals surface area contributed by atoms with E-state index in [9.17, 15) is 9.59 Å². The fourth-order valence-electron chi connectivity index (χ4n) is 1.71. The molecule has 1 aromatic heterocycles. The number of nitrogens with one attached hydrogen (secondary N) is 1. The smallest absolute Gasteiger partial charge is 0.323 e. The highest BCUT2D eigenvalue weighted by Crippen LogP contribution is 2.28. The van der Waals surface area contributed by atoms with Gasteiger partial charge in [0.15, 0.2) is 5.13 Å². The summed E-state index contributed by atoms with van der Waals surface area (Å²) < 4.78 is 0.895. The van der Waals surface area contributed by atoms with E-state index in [1.165, 1.54) is 16.2 Å². The summed E-state index contributed by atoms with van der Waals surface area (Å²) in [6.45, 7) is 0.370. The first kappa shape index (κ1) is 15.5. The van der Waals surface area contributed by atoms with Crippen molar-refractivity contribution in [2.45, 2.75) is 12.8 Å². The number of thiazole rings is 1. The molecular formula is C13H14ClN3O3S. The Hall–Kier alpha value is -1.86. The predicted octanol–water partition coefficient (Wildman–Crippen LogP) is 3.28. The van der Waals surface area contributed by atoms with Crippen LogP contribution in [0.3, 0.4) is 0 Å². The number of aromatic nitrogens is 1. The Kier molecular flexibility index (Phi) is 4.98. The molecule has 21 heavy (non-hydrogen) atoms. The lowest BCUT2D eigenvalue weighted by molar-refractivity contribution is -0.137. The summed E-state index contributed by atoms with van der Waals surface area (Å²) in [7, 11) is 1.61. The number of halogens is 1. The van der Waals surface area contributed by atoms with Crippen LogP contribution in [0.2, 0.25) is 5.02 Å². The number of carboxylic acids is 1. The van der Waals surface area contributed by atoms with E-state index in [2.05, 4.69) is 10.3 Å². The van der Waals surface area contributed by atoms with Crippen LogP contribution in [0, 0.1) is 0 Å². The van der Waals surface area contributed by atoms with Gasteiger partial charge in [-0.2, -0.15) is 0 Å². The average Bonchev–Trinajstić information content (AvgIpc) is 2.79. The Balaban J connectivity index is 1.95. The lowest BCUT2D eigenvalue weighted by Gasteiger charge is -2.16. The molecule has 2 rings (SSSR count). The van der Waals surface area contributed by atoms with Crippen LogP contribution in [0.25, 0.3) is 10.2 Å². The minimum absolute atomic E-state index is 0.0389. The Morgan fingerprint density at radius 3 is 2.95 bits per heavy atom. The molecular weight excluding hydrogens is 314 g/mol. The number of anilines is 1. The fourth-order valence-corrected chi connectivity index (χ4v) is 2.84. The third kappa shape index (κ3) is 4.30. The molecule has 2 aromatic rings. The van der Waals surface area contributed by atoms with Gasteiger partial charge in [-0.15, -0.1) is 0 Å². The number of carbonyl (C=O) groups excluding carboxylic acids is 1. The van der Waals surface area contributed by atoms with Crippen molar-refractivity contribution in [2.75, 3.05) is 18.9 Å². The number of aliphatic carboxylic acids is 1. The van der Waals surface area contributed by atoms with Crippen molar-refractivity contribution < 1.29 is 14.7 Å². The van der Waals surface area contributed by atoms with Gasteiger partial charge in [0.25, 0.3) is 0 Å². The summed E-state index contributed by atoms with van der Waals surface area (Å²) in [6, 6.07) is 5.01. The second-order valence-corrected chi connectivity index (χ2v) is 5.95. The zero-order chi connectivity index (χ0) is 15.4. The SMILES string of the molecule is CN(CCCC(=O)O)C(=O)Nc1nc2ccc(Cl)cc2s1. The van der Waals surface area contributed by atoms with Crippen molar-refractivity contribution in [1.29, 1.82) is 0 Å². The van der Waals surface area contributed by atoms with E-state index in [-0.39, 0.29) is 12.5 Å². The van der Waals surface area contributed by atoms with Gasteiger partial charge in [-0.25, -0.2) is 9.78 Å². The molecule has 1 heterocycles. The van der Waals surface area contributed by atoms with Crippen LogP contribution >= 0.6 is 22.9 Å². The minimum atomic E-state index is -0.869. The van der Waals surface area contributed by atoms with Gasteiger partial charge >= 0.3 is 12.0 Å². The number of carbonyl (C=O) groups is 2. The third-order valence-electron chi connectivity index (χ3n) is 2.80. The minimum Gasteiger partial charge on any atom is -0.481 e. The standard InChI is InChI=1S/C13H14ClN3O3S/c1-17(6-2-3-11(18)19)13(20)16-12-15-9-5-4-8(14)7-10(9)21-12/h4-5,7H,2-3,6H2,1H3,(H,18,19)(H,15,16,20). The molecule has 1 aromatic carbocycles. The highest BCUT2D eigenvalue weighted by Gasteiger charge is 2.12. The summed E-state index contributed by atoms with van der Waals surface area (Å²) >= 11 is 7.24. The van der Waals surface area contributed by atoms with Gasteiger partial charge in [0.1, 0.15) is 0 Å².